The van der Waals surface area contributed by atoms with Gasteiger partial charge in [0.15, 0.2) is 0 Å². The van der Waals surface area contributed by atoms with Gasteiger partial charge in [-0.3, -0.25) is 4.79 Å². The van der Waals surface area contributed by atoms with Gasteiger partial charge in [0.2, 0.25) is 0 Å². The zero-order valence-electron chi connectivity index (χ0n) is 13.6. The summed E-state index contributed by atoms with van der Waals surface area (Å²) in [5.41, 5.74) is 6.74. The molecule has 2 rings (SSSR count). The molecule has 1 atom stereocenters. The number of carbonyl (C=O) groups is 1. The maximum absolute atomic E-state index is 12.5. The molecule has 0 aliphatic carbocycles. The lowest BCUT2D eigenvalue weighted by molar-refractivity contribution is 0.0681. The van der Waals surface area contributed by atoms with E-state index in [0.717, 1.165) is 31.5 Å². The second kappa shape index (κ2) is 8.80. The largest absolute Gasteiger partial charge is 0.339 e. The Bertz CT molecular complexity index is 468. The summed E-state index contributed by atoms with van der Waals surface area (Å²) in [4.78, 5) is 15.7. The summed E-state index contributed by atoms with van der Waals surface area (Å²) >= 11 is 1.82. The third-order valence-electron chi connectivity index (χ3n) is 4.04. The van der Waals surface area contributed by atoms with E-state index in [1.165, 1.54) is 4.90 Å². The fraction of sp³-hybridized carbons (Fsp3) is 0.588. The first-order chi connectivity index (χ1) is 9.97. The average Bonchev–Trinajstić information content (AvgIpc) is 2.47. The Morgan fingerprint density at radius 1 is 1.18 bits per heavy atom. The summed E-state index contributed by atoms with van der Waals surface area (Å²) in [6.45, 7) is 8.06. The van der Waals surface area contributed by atoms with Gasteiger partial charge in [-0.15, -0.1) is 24.2 Å². The van der Waals surface area contributed by atoms with Gasteiger partial charge in [0.1, 0.15) is 0 Å². The Morgan fingerprint density at radius 3 is 2.18 bits per heavy atom. The Balaban J connectivity index is 0.00000242. The van der Waals surface area contributed by atoms with Crippen LogP contribution in [0, 0.1) is 5.92 Å². The van der Waals surface area contributed by atoms with Crippen molar-refractivity contribution in [3.8, 4) is 0 Å². The van der Waals surface area contributed by atoms with Crippen molar-refractivity contribution in [2.24, 2.45) is 11.7 Å². The fourth-order valence-electron chi connectivity index (χ4n) is 2.76. The normalized spacial score (nSPS) is 17.2. The molecule has 0 spiro atoms. The standard InChI is InChI=1S/C17H26N2OS.ClH/c1-12(2)21-16-6-4-15(5-7-16)17(20)19-10-8-14(9-11-19)13(3)18;/h4-7,12-14H,8-11,18H2,1-3H3;1H. The van der Waals surface area contributed by atoms with E-state index in [9.17, 15) is 4.79 Å². The van der Waals surface area contributed by atoms with Gasteiger partial charge in [-0.25, -0.2) is 0 Å². The van der Waals surface area contributed by atoms with E-state index in [1.807, 2.05) is 40.9 Å². The van der Waals surface area contributed by atoms with Crippen LogP contribution in [0.5, 0.6) is 0 Å². The maximum atomic E-state index is 12.5. The monoisotopic (exact) mass is 342 g/mol. The summed E-state index contributed by atoms with van der Waals surface area (Å²) in [6.07, 6.45) is 2.04. The fourth-order valence-corrected chi connectivity index (χ4v) is 3.60. The predicted octanol–water partition coefficient (Wildman–Crippen LogP) is 3.81. The van der Waals surface area contributed by atoms with E-state index in [1.54, 1.807) is 0 Å². The summed E-state index contributed by atoms with van der Waals surface area (Å²) in [5, 5.41) is 0.559. The number of carbonyl (C=O) groups excluding carboxylic acids is 1. The van der Waals surface area contributed by atoms with Crippen LogP contribution in [0.3, 0.4) is 0 Å². The van der Waals surface area contributed by atoms with Crippen molar-refractivity contribution in [2.75, 3.05) is 13.1 Å². The lowest BCUT2D eigenvalue weighted by Crippen LogP contribution is -2.42. The average molecular weight is 343 g/mol. The molecular weight excluding hydrogens is 316 g/mol. The molecule has 22 heavy (non-hydrogen) atoms. The van der Waals surface area contributed by atoms with Crippen LogP contribution >= 0.6 is 24.2 Å². The molecule has 0 bridgehead atoms. The van der Waals surface area contributed by atoms with Gasteiger partial charge in [-0.1, -0.05) is 13.8 Å². The Morgan fingerprint density at radius 2 is 1.73 bits per heavy atom. The minimum Gasteiger partial charge on any atom is -0.339 e. The van der Waals surface area contributed by atoms with Crippen LogP contribution in [0.1, 0.15) is 44.0 Å². The number of nitrogens with zero attached hydrogens (tertiary/aromatic N) is 1. The summed E-state index contributed by atoms with van der Waals surface area (Å²) < 4.78 is 0. The molecule has 1 fully saturated rings. The van der Waals surface area contributed by atoms with Crippen molar-refractivity contribution in [1.82, 2.24) is 4.90 Å². The molecule has 1 aromatic carbocycles. The number of piperidine rings is 1. The molecule has 1 aliphatic heterocycles. The molecule has 1 saturated heterocycles. The molecule has 3 nitrogen and oxygen atoms in total. The highest BCUT2D eigenvalue weighted by Gasteiger charge is 2.25. The van der Waals surface area contributed by atoms with E-state index in [0.29, 0.717) is 11.2 Å². The SMILES string of the molecule is CC(C)Sc1ccc(C(=O)N2CCC(C(C)N)CC2)cc1.Cl. The number of hydrogen-bond acceptors (Lipinski definition) is 3. The first kappa shape index (κ1) is 19.3. The molecule has 1 aromatic rings. The van der Waals surface area contributed by atoms with Crippen LogP contribution in [0.15, 0.2) is 29.2 Å². The van der Waals surface area contributed by atoms with Gasteiger partial charge in [0, 0.05) is 34.8 Å². The lowest BCUT2D eigenvalue weighted by atomic mass is 9.90. The van der Waals surface area contributed by atoms with Gasteiger partial charge in [-0.2, -0.15) is 0 Å². The Hall–Kier alpha value is -0.710. The Kier molecular flexibility index (Phi) is 7.74. The van der Waals surface area contributed by atoms with E-state index >= 15 is 0 Å². The number of nitrogens with two attached hydrogens (primary N) is 1. The van der Waals surface area contributed by atoms with Crippen molar-refractivity contribution in [3.63, 3.8) is 0 Å². The molecule has 0 radical (unpaired) electrons. The highest BCUT2D eigenvalue weighted by atomic mass is 35.5. The molecule has 1 heterocycles. The van der Waals surface area contributed by atoms with Crippen molar-refractivity contribution in [3.05, 3.63) is 29.8 Å². The summed E-state index contributed by atoms with van der Waals surface area (Å²) in [5.74, 6) is 0.707. The first-order valence-electron chi connectivity index (χ1n) is 7.79. The van der Waals surface area contributed by atoms with Gasteiger partial charge in [0.25, 0.3) is 5.91 Å². The molecule has 124 valence electrons. The first-order valence-corrected chi connectivity index (χ1v) is 8.67. The van der Waals surface area contributed by atoms with E-state index in [4.69, 9.17) is 5.73 Å². The second-order valence-corrected chi connectivity index (χ2v) is 7.83. The summed E-state index contributed by atoms with van der Waals surface area (Å²) in [6, 6.07) is 8.23. The van der Waals surface area contributed by atoms with Crippen LogP contribution in [-0.2, 0) is 0 Å². The molecular formula is C17H27ClN2OS. The number of amides is 1. The molecule has 0 aromatic heterocycles. The number of thioether (sulfide) groups is 1. The number of halogens is 1. The van der Waals surface area contributed by atoms with E-state index < -0.39 is 0 Å². The molecule has 1 aliphatic rings. The Labute approximate surface area is 144 Å². The molecule has 2 N–H and O–H groups in total. The van der Waals surface area contributed by atoms with Crippen LogP contribution in [0.2, 0.25) is 0 Å². The van der Waals surface area contributed by atoms with Crippen LogP contribution in [-0.4, -0.2) is 35.2 Å². The maximum Gasteiger partial charge on any atom is 0.253 e. The van der Waals surface area contributed by atoms with Gasteiger partial charge >= 0.3 is 0 Å². The van der Waals surface area contributed by atoms with Crippen molar-refractivity contribution in [2.45, 2.75) is 49.8 Å². The summed E-state index contributed by atoms with van der Waals surface area (Å²) in [7, 11) is 0. The van der Waals surface area contributed by atoms with Crippen LogP contribution < -0.4 is 5.73 Å². The van der Waals surface area contributed by atoms with Crippen LogP contribution in [0.25, 0.3) is 0 Å². The zero-order chi connectivity index (χ0) is 15.4. The van der Waals surface area contributed by atoms with Crippen LogP contribution in [0.4, 0.5) is 0 Å². The second-order valence-electron chi connectivity index (χ2n) is 6.18. The number of benzene rings is 1. The molecule has 5 heteroatoms. The van der Waals surface area contributed by atoms with Crippen molar-refractivity contribution in [1.29, 1.82) is 0 Å². The lowest BCUT2D eigenvalue weighted by Gasteiger charge is -2.33. The van der Waals surface area contributed by atoms with Gasteiger partial charge in [0.05, 0.1) is 0 Å². The van der Waals surface area contributed by atoms with Gasteiger partial charge in [-0.05, 0) is 49.9 Å². The van der Waals surface area contributed by atoms with Crippen molar-refractivity contribution >= 4 is 30.1 Å². The minimum atomic E-state index is 0. The van der Waals surface area contributed by atoms with Gasteiger partial charge < -0.3 is 10.6 Å². The quantitative estimate of drug-likeness (QED) is 0.846. The number of likely N-dealkylation sites (tertiary alicyclic amines) is 1. The third kappa shape index (κ3) is 5.18. The highest BCUT2D eigenvalue weighted by Crippen LogP contribution is 2.24. The molecule has 1 unspecified atom stereocenters. The smallest absolute Gasteiger partial charge is 0.253 e. The zero-order valence-corrected chi connectivity index (χ0v) is 15.3. The molecule has 1 amide bonds. The third-order valence-corrected chi connectivity index (χ3v) is 5.06. The molecule has 0 saturated carbocycles. The van der Waals surface area contributed by atoms with E-state index in [2.05, 4.69) is 20.8 Å². The van der Waals surface area contributed by atoms with Crippen molar-refractivity contribution < 1.29 is 4.79 Å². The van der Waals surface area contributed by atoms with E-state index in [-0.39, 0.29) is 24.4 Å². The minimum absolute atomic E-state index is 0. The number of hydrogen-bond donors (Lipinski definition) is 1. The topological polar surface area (TPSA) is 46.3 Å². The number of rotatable bonds is 4. The predicted molar refractivity (Wildman–Crippen MR) is 97.0 cm³/mol. The highest BCUT2D eigenvalue weighted by molar-refractivity contribution is 7.99.